The third kappa shape index (κ3) is 4.15. The van der Waals surface area contributed by atoms with Crippen LogP contribution < -0.4 is 0 Å². The van der Waals surface area contributed by atoms with Crippen molar-refractivity contribution >= 4 is 17.8 Å². The lowest BCUT2D eigenvalue weighted by Gasteiger charge is -2.10. The molecule has 0 saturated carbocycles. The molecule has 0 saturated heterocycles. The van der Waals surface area contributed by atoms with Crippen LogP contribution in [0.4, 0.5) is 0 Å². The first-order chi connectivity index (χ1) is 8.79. The maximum atomic E-state index is 5.99. The van der Waals surface area contributed by atoms with E-state index in [-0.39, 0.29) is 0 Å². The normalized spacial score (nSPS) is 13.6. The number of aryl methyl sites for hydroxylation is 1. The van der Waals surface area contributed by atoms with Gasteiger partial charge in [-0.2, -0.15) is 0 Å². The average molecular weight is 262 g/mol. The largest absolute Gasteiger partial charge is 0.266 e. The SMILES string of the molecule is C=C.CCc1cc(Cl)ccc1CC1=CCCC=N1. The van der Waals surface area contributed by atoms with Crippen molar-refractivity contribution in [3.8, 4) is 0 Å². The zero-order valence-corrected chi connectivity index (χ0v) is 11.7. The van der Waals surface area contributed by atoms with Crippen molar-refractivity contribution in [2.24, 2.45) is 4.99 Å². The third-order valence-corrected chi connectivity index (χ3v) is 3.09. The molecule has 1 heterocycles. The minimum Gasteiger partial charge on any atom is -0.266 e. The van der Waals surface area contributed by atoms with Gasteiger partial charge in [-0.1, -0.05) is 30.7 Å². The van der Waals surface area contributed by atoms with Gasteiger partial charge in [0.15, 0.2) is 0 Å². The molecule has 0 bridgehead atoms. The Labute approximate surface area is 115 Å². The molecule has 0 aromatic heterocycles. The summed E-state index contributed by atoms with van der Waals surface area (Å²) >= 11 is 5.99. The lowest BCUT2D eigenvalue weighted by molar-refractivity contribution is 0.974. The van der Waals surface area contributed by atoms with Gasteiger partial charge >= 0.3 is 0 Å². The fourth-order valence-corrected chi connectivity index (χ4v) is 2.16. The van der Waals surface area contributed by atoms with Crippen LogP contribution in [0, 0.1) is 0 Å². The quantitative estimate of drug-likeness (QED) is 0.680. The molecule has 0 N–H and O–H groups in total. The van der Waals surface area contributed by atoms with E-state index in [1.807, 2.05) is 12.3 Å². The van der Waals surface area contributed by atoms with Crippen molar-refractivity contribution in [3.63, 3.8) is 0 Å². The number of halogens is 1. The van der Waals surface area contributed by atoms with E-state index < -0.39 is 0 Å². The summed E-state index contributed by atoms with van der Waals surface area (Å²) in [5.41, 5.74) is 3.86. The lowest BCUT2D eigenvalue weighted by atomic mass is 10.00. The molecule has 1 aliphatic rings. The molecule has 2 heteroatoms. The minimum absolute atomic E-state index is 0.821. The van der Waals surface area contributed by atoms with Gasteiger partial charge in [-0.15, -0.1) is 13.2 Å². The standard InChI is InChI=1S/C14H16ClN.C2H4/c1-2-11-9-13(15)7-6-12(11)10-14-5-3-4-8-16-14;1-2/h5-9H,2-4,10H2,1H3;1-2H2. The Balaban J connectivity index is 0.000000771. The predicted octanol–water partition coefficient (Wildman–Crippen LogP) is 5.00. The van der Waals surface area contributed by atoms with Crippen LogP contribution in [0.3, 0.4) is 0 Å². The first-order valence-corrected chi connectivity index (χ1v) is 6.66. The zero-order chi connectivity index (χ0) is 13.4. The average Bonchev–Trinajstić information content (AvgIpc) is 2.44. The van der Waals surface area contributed by atoms with Crippen LogP contribution in [0.25, 0.3) is 0 Å². The first kappa shape index (κ1) is 14.7. The van der Waals surface area contributed by atoms with Gasteiger partial charge in [0.1, 0.15) is 0 Å². The van der Waals surface area contributed by atoms with Gasteiger partial charge in [-0.05, 0) is 42.5 Å². The van der Waals surface area contributed by atoms with Crippen LogP contribution in [0.5, 0.6) is 0 Å². The van der Waals surface area contributed by atoms with Gasteiger partial charge in [-0.25, -0.2) is 0 Å². The number of benzene rings is 1. The van der Waals surface area contributed by atoms with E-state index in [2.05, 4.69) is 43.3 Å². The van der Waals surface area contributed by atoms with Crippen molar-refractivity contribution in [2.75, 3.05) is 0 Å². The topological polar surface area (TPSA) is 12.4 Å². The molecule has 0 aliphatic carbocycles. The Hall–Kier alpha value is -1.34. The van der Waals surface area contributed by atoms with Gasteiger partial charge in [0, 0.05) is 23.4 Å². The second-order valence-electron chi connectivity index (χ2n) is 4.03. The summed E-state index contributed by atoms with van der Waals surface area (Å²) < 4.78 is 0. The molecular formula is C16H20ClN. The minimum atomic E-state index is 0.821. The smallest absolute Gasteiger partial charge is 0.0408 e. The highest BCUT2D eigenvalue weighted by Crippen LogP contribution is 2.21. The van der Waals surface area contributed by atoms with E-state index in [4.69, 9.17) is 11.6 Å². The monoisotopic (exact) mass is 261 g/mol. The van der Waals surface area contributed by atoms with E-state index in [0.29, 0.717) is 0 Å². The van der Waals surface area contributed by atoms with Gasteiger partial charge in [0.2, 0.25) is 0 Å². The summed E-state index contributed by atoms with van der Waals surface area (Å²) in [7, 11) is 0. The maximum Gasteiger partial charge on any atom is 0.0408 e. The highest BCUT2D eigenvalue weighted by atomic mass is 35.5. The van der Waals surface area contributed by atoms with E-state index in [0.717, 1.165) is 30.7 Å². The Morgan fingerprint density at radius 2 is 2.00 bits per heavy atom. The fraction of sp³-hybridized carbons (Fsp3) is 0.312. The number of nitrogens with zero attached hydrogens (tertiary/aromatic N) is 1. The molecule has 0 unspecified atom stereocenters. The van der Waals surface area contributed by atoms with Gasteiger partial charge < -0.3 is 0 Å². The highest BCUT2D eigenvalue weighted by Gasteiger charge is 2.05. The summed E-state index contributed by atoms with van der Waals surface area (Å²) in [6, 6.07) is 6.14. The van der Waals surface area contributed by atoms with Crippen LogP contribution in [0.2, 0.25) is 5.02 Å². The van der Waals surface area contributed by atoms with Crippen LogP contribution in [-0.4, -0.2) is 6.21 Å². The molecule has 0 fully saturated rings. The van der Waals surface area contributed by atoms with Crippen molar-refractivity contribution in [1.29, 1.82) is 0 Å². The fourth-order valence-electron chi connectivity index (χ4n) is 1.97. The van der Waals surface area contributed by atoms with Crippen LogP contribution in [-0.2, 0) is 12.8 Å². The number of hydrogen-bond donors (Lipinski definition) is 0. The summed E-state index contributed by atoms with van der Waals surface area (Å²) in [5, 5.41) is 0.821. The van der Waals surface area contributed by atoms with Crippen LogP contribution in [0.15, 0.2) is 48.1 Å². The third-order valence-electron chi connectivity index (χ3n) is 2.85. The molecule has 1 aromatic carbocycles. The molecule has 0 spiro atoms. The number of allylic oxidation sites excluding steroid dienone is 2. The molecule has 1 aromatic rings. The molecular weight excluding hydrogens is 242 g/mol. The Morgan fingerprint density at radius 3 is 2.61 bits per heavy atom. The zero-order valence-electron chi connectivity index (χ0n) is 11.0. The van der Waals surface area contributed by atoms with Crippen molar-refractivity contribution in [2.45, 2.75) is 32.6 Å². The summed E-state index contributed by atoms with van der Waals surface area (Å²) in [4.78, 5) is 4.43. The number of rotatable bonds is 3. The van der Waals surface area contributed by atoms with Crippen molar-refractivity contribution in [3.05, 3.63) is 59.3 Å². The van der Waals surface area contributed by atoms with Gasteiger partial charge in [0.25, 0.3) is 0 Å². The van der Waals surface area contributed by atoms with E-state index >= 15 is 0 Å². The van der Waals surface area contributed by atoms with Crippen molar-refractivity contribution in [1.82, 2.24) is 0 Å². The molecule has 2 rings (SSSR count). The van der Waals surface area contributed by atoms with Crippen LogP contribution >= 0.6 is 11.6 Å². The molecule has 0 radical (unpaired) electrons. The molecule has 0 amide bonds. The molecule has 18 heavy (non-hydrogen) atoms. The second kappa shape index (κ2) is 7.88. The molecule has 96 valence electrons. The van der Waals surface area contributed by atoms with E-state index in [9.17, 15) is 0 Å². The van der Waals surface area contributed by atoms with E-state index in [1.54, 1.807) is 0 Å². The van der Waals surface area contributed by atoms with E-state index in [1.165, 1.54) is 16.8 Å². The van der Waals surface area contributed by atoms with Gasteiger partial charge in [-0.3, -0.25) is 4.99 Å². The number of aliphatic imine (C=N–C) groups is 1. The Morgan fingerprint density at radius 1 is 1.22 bits per heavy atom. The summed E-state index contributed by atoms with van der Waals surface area (Å²) in [6.45, 7) is 8.16. The Kier molecular flexibility index (Phi) is 6.45. The Bertz CT molecular complexity index is 446. The molecule has 1 nitrogen and oxygen atoms in total. The second-order valence-corrected chi connectivity index (χ2v) is 4.46. The first-order valence-electron chi connectivity index (χ1n) is 6.28. The highest BCUT2D eigenvalue weighted by molar-refractivity contribution is 6.30. The summed E-state index contributed by atoms with van der Waals surface area (Å²) in [5.74, 6) is 0. The molecule has 1 aliphatic heterocycles. The summed E-state index contributed by atoms with van der Waals surface area (Å²) in [6.07, 6.45) is 8.38. The predicted molar refractivity (Wildman–Crippen MR) is 81.6 cm³/mol. The maximum absolute atomic E-state index is 5.99. The van der Waals surface area contributed by atoms with Crippen LogP contribution in [0.1, 0.15) is 30.9 Å². The number of hydrogen-bond acceptors (Lipinski definition) is 1. The van der Waals surface area contributed by atoms with Gasteiger partial charge in [0.05, 0.1) is 0 Å². The van der Waals surface area contributed by atoms with Crippen molar-refractivity contribution < 1.29 is 0 Å². The lowest BCUT2D eigenvalue weighted by Crippen LogP contribution is -1.97. The molecule has 0 atom stereocenters.